The largest absolute Gasteiger partial charge is 0.330 e. The van der Waals surface area contributed by atoms with Gasteiger partial charge in [-0.25, -0.2) is 4.98 Å². The summed E-state index contributed by atoms with van der Waals surface area (Å²) in [5, 5.41) is 4.28. The maximum Gasteiger partial charge on any atom is 0.126 e. The van der Waals surface area contributed by atoms with Gasteiger partial charge >= 0.3 is 0 Å². The molecule has 1 heterocycles. The van der Waals surface area contributed by atoms with E-state index in [0.29, 0.717) is 0 Å². The Hall–Kier alpha value is -1.84. The van der Waals surface area contributed by atoms with Crippen molar-refractivity contribution in [3.8, 4) is 0 Å². The normalized spacial score (nSPS) is 12.7. The van der Waals surface area contributed by atoms with E-state index in [4.69, 9.17) is 16.6 Å². The highest BCUT2D eigenvalue weighted by atomic mass is 35.5. The number of fused-ring (bicyclic) bond motifs is 1. The summed E-state index contributed by atoms with van der Waals surface area (Å²) in [7, 11) is 2.06. The molecule has 1 aromatic heterocycles. The van der Waals surface area contributed by atoms with Crippen molar-refractivity contribution in [1.82, 2.24) is 14.9 Å². The van der Waals surface area contributed by atoms with Crippen LogP contribution in [0.15, 0.2) is 48.5 Å². The van der Waals surface area contributed by atoms with Crippen LogP contribution >= 0.6 is 11.6 Å². The number of hydrogen-bond acceptors (Lipinski definition) is 2. The second-order valence-corrected chi connectivity index (χ2v) is 5.68. The van der Waals surface area contributed by atoms with Crippen molar-refractivity contribution < 1.29 is 0 Å². The molecule has 3 rings (SSSR count). The third-order valence-corrected chi connectivity index (χ3v) is 3.99. The van der Waals surface area contributed by atoms with Crippen LogP contribution in [0.3, 0.4) is 0 Å². The molecule has 1 unspecified atom stereocenters. The summed E-state index contributed by atoms with van der Waals surface area (Å²) >= 11 is 5.90. The van der Waals surface area contributed by atoms with Crippen LogP contribution in [0.2, 0.25) is 5.02 Å². The molecule has 21 heavy (non-hydrogen) atoms. The monoisotopic (exact) mass is 299 g/mol. The lowest BCUT2D eigenvalue weighted by Gasteiger charge is -2.14. The molecule has 2 aromatic carbocycles. The van der Waals surface area contributed by atoms with E-state index in [2.05, 4.69) is 29.9 Å². The summed E-state index contributed by atoms with van der Waals surface area (Å²) in [4.78, 5) is 4.72. The van der Waals surface area contributed by atoms with E-state index in [9.17, 15) is 0 Å². The molecule has 3 aromatic rings. The highest BCUT2D eigenvalue weighted by molar-refractivity contribution is 6.30. The molecular formula is C17H18ClN3. The van der Waals surface area contributed by atoms with Gasteiger partial charge in [0, 0.05) is 18.6 Å². The number of nitrogens with one attached hydrogen (secondary N) is 1. The van der Waals surface area contributed by atoms with Crippen molar-refractivity contribution >= 4 is 22.6 Å². The van der Waals surface area contributed by atoms with E-state index < -0.39 is 0 Å². The van der Waals surface area contributed by atoms with Crippen LogP contribution < -0.4 is 5.32 Å². The maximum absolute atomic E-state index is 5.90. The van der Waals surface area contributed by atoms with Gasteiger partial charge in [0.1, 0.15) is 5.82 Å². The Bertz CT molecular complexity index is 746. The van der Waals surface area contributed by atoms with Gasteiger partial charge in [-0.2, -0.15) is 0 Å². The standard InChI is InChI=1S/C17H18ClN3/c1-12(19-11-13-7-9-14(18)10-8-13)17-20-15-5-3-4-6-16(15)21(17)2/h3-10,12,19H,11H2,1-2H3. The molecule has 0 aliphatic carbocycles. The average Bonchev–Trinajstić information content (AvgIpc) is 2.84. The number of aromatic nitrogens is 2. The molecule has 0 saturated carbocycles. The number of para-hydroxylation sites is 2. The van der Waals surface area contributed by atoms with Gasteiger partial charge in [0.2, 0.25) is 0 Å². The van der Waals surface area contributed by atoms with Crippen LogP contribution in [0.5, 0.6) is 0 Å². The minimum atomic E-state index is 0.179. The third-order valence-electron chi connectivity index (χ3n) is 3.73. The summed E-state index contributed by atoms with van der Waals surface area (Å²) in [5.74, 6) is 1.05. The molecule has 0 radical (unpaired) electrons. The average molecular weight is 300 g/mol. The van der Waals surface area contributed by atoms with Crippen LogP contribution in [0.25, 0.3) is 11.0 Å². The zero-order valence-electron chi connectivity index (χ0n) is 12.2. The first-order valence-electron chi connectivity index (χ1n) is 7.04. The molecule has 1 atom stereocenters. The van der Waals surface area contributed by atoms with Crippen molar-refractivity contribution in [2.24, 2.45) is 7.05 Å². The molecule has 108 valence electrons. The molecule has 0 fully saturated rings. The first-order chi connectivity index (χ1) is 10.1. The van der Waals surface area contributed by atoms with Crippen molar-refractivity contribution in [3.63, 3.8) is 0 Å². The maximum atomic E-state index is 5.90. The lowest BCUT2D eigenvalue weighted by molar-refractivity contribution is 0.533. The van der Waals surface area contributed by atoms with Gasteiger partial charge < -0.3 is 9.88 Å². The fourth-order valence-electron chi connectivity index (χ4n) is 2.52. The molecule has 0 amide bonds. The predicted molar refractivity (Wildman–Crippen MR) is 87.4 cm³/mol. The Morgan fingerprint density at radius 2 is 1.86 bits per heavy atom. The fraction of sp³-hybridized carbons (Fsp3) is 0.235. The molecule has 0 aliphatic heterocycles. The Labute approximate surface area is 129 Å². The number of aryl methyl sites for hydroxylation is 1. The van der Waals surface area contributed by atoms with Crippen LogP contribution in [0.1, 0.15) is 24.4 Å². The predicted octanol–water partition coefficient (Wildman–Crippen LogP) is 4.08. The van der Waals surface area contributed by atoms with Gasteiger partial charge in [0.15, 0.2) is 0 Å². The summed E-state index contributed by atoms with van der Waals surface area (Å²) in [6.07, 6.45) is 0. The molecule has 0 saturated heterocycles. The SMILES string of the molecule is CC(NCc1ccc(Cl)cc1)c1nc2ccccc2n1C. The lowest BCUT2D eigenvalue weighted by Crippen LogP contribution is -2.21. The summed E-state index contributed by atoms with van der Waals surface area (Å²) in [5.41, 5.74) is 3.41. The van der Waals surface area contributed by atoms with Gasteiger partial charge in [-0.05, 0) is 36.8 Å². The van der Waals surface area contributed by atoms with Gasteiger partial charge in [-0.15, -0.1) is 0 Å². The van der Waals surface area contributed by atoms with Crippen LogP contribution in [-0.2, 0) is 13.6 Å². The number of rotatable bonds is 4. The van der Waals surface area contributed by atoms with Crippen molar-refractivity contribution in [3.05, 3.63) is 64.9 Å². The van der Waals surface area contributed by atoms with E-state index in [1.807, 2.05) is 42.5 Å². The van der Waals surface area contributed by atoms with Crippen LogP contribution in [-0.4, -0.2) is 9.55 Å². The molecule has 0 aliphatic rings. The molecule has 3 nitrogen and oxygen atoms in total. The van der Waals surface area contributed by atoms with E-state index in [-0.39, 0.29) is 6.04 Å². The van der Waals surface area contributed by atoms with Gasteiger partial charge in [-0.3, -0.25) is 0 Å². The number of hydrogen-bond donors (Lipinski definition) is 1. The Balaban J connectivity index is 1.76. The van der Waals surface area contributed by atoms with Gasteiger partial charge in [0.05, 0.1) is 17.1 Å². The quantitative estimate of drug-likeness (QED) is 0.787. The number of halogens is 1. The summed E-state index contributed by atoms with van der Waals surface area (Å²) in [6, 6.07) is 16.3. The molecule has 0 bridgehead atoms. The van der Waals surface area contributed by atoms with E-state index in [0.717, 1.165) is 28.4 Å². The lowest BCUT2D eigenvalue weighted by atomic mass is 10.2. The summed E-state index contributed by atoms with van der Waals surface area (Å²) < 4.78 is 2.15. The molecule has 1 N–H and O–H groups in total. The van der Waals surface area contributed by atoms with Crippen LogP contribution in [0.4, 0.5) is 0 Å². The number of nitrogens with zero attached hydrogens (tertiary/aromatic N) is 2. The number of imidazole rings is 1. The third kappa shape index (κ3) is 2.94. The van der Waals surface area contributed by atoms with Crippen LogP contribution in [0, 0.1) is 0 Å². The minimum Gasteiger partial charge on any atom is -0.330 e. The van der Waals surface area contributed by atoms with E-state index >= 15 is 0 Å². The van der Waals surface area contributed by atoms with E-state index in [1.165, 1.54) is 5.56 Å². The highest BCUT2D eigenvalue weighted by Gasteiger charge is 2.13. The van der Waals surface area contributed by atoms with Crippen molar-refractivity contribution in [2.75, 3.05) is 0 Å². The second-order valence-electron chi connectivity index (χ2n) is 5.25. The van der Waals surface area contributed by atoms with Gasteiger partial charge in [0.25, 0.3) is 0 Å². The number of benzene rings is 2. The Morgan fingerprint density at radius 3 is 2.57 bits per heavy atom. The molecule has 0 spiro atoms. The highest BCUT2D eigenvalue weighted by Crippen LogP contribution is 2.19. The summed E-state index contributed by atoms with van der Waals surface area (Å²) in [6.45, 7) is 2.93. The Morgan fingerprint density at radius 1 is 1.14 bits per heavy atom. The smallest absolute Gasteiger partial charge is 0.126 e. The topological polar surface area (TPSA) is 29.9 Å². The van der Waals surface area contributed by atoms with Crippen molar-refractivity contribution in [2.45, 2.75) is 19.5 Å². The first-order valence-corrected chi connectivity index (χ1v) is 7.42. The zero-order valence-corrected chi connectivity index (χ0v) is 12.9. The van der Waals surface area contributed by atoms with E-state index in [1.54, 1.807) is 0 Å². The first kappa shape index (κ1) is 14.1. The molecular weight excluding hydrogens is 282 g/mol. The fourth-order valence-corrected chi connectivity index (χ4v) is 2.64. The van der Waals surface area contributed by atoms with Gasteiger partial charge in [-0.1, -0.05) is 35.9 Å². The Kier molecular flexibility index (Phi) is 3.95. The second kappa shape index (κ2) is 5.88. The minimum absolute atomic E-state index is 0.179. The molecule has 4 heteroatoms. The zero-order chi connectivity index (χ0) is 14.8. The van der Waals surface area contributed by atoms with Crippen molar-refractivity contribution in [1.29, 1.82) is 0 Å².